The van der Waals surface area contributed by atoms with Gasteiger partial charge in [0, 0.05) is 0 Å². The van der Waals surface area contributed by atoms with Crippen LogP contribution >= 0.6 is 0 Å². The Balaban J connectivity index is 3.27. The van der Waals surface area contributed by atoms with E-state index in [1.165, 1.54) is 0 Å². The molecular weight excluding hydrogens is 216 g/mol. The van der Waals surface area contributed by atoms with E-state index in [4.69, 9.17) is 0 Å². The fourth-order valence-corrected chi connectivity index (χ4v) is 1.05. The maximum atomic E-state index is 12.9. The van der Waals surface area contributed by atoms with Crippen LogP contribution in [0.2, 0.25) is 0 Å². The lowest BCUT2D eigenvalue weighted by molar-refractivity contribution is -0.139. The number of nitrogens with two attached hydrogens (primary N) is 1. The van der Waals surface area contributed by atoms with Crippen molar-refractivity contribution in [1.82, 2.24) is 0 Å². The predicted octanol–water partition coefficient (Wildman–Crippen LogP) is 2.34. The highest BCUT2D eigenvalue weighted by atomic mass is 19.4. The van der Waals surface area contributed by atoms with Crippen molar-refractivity contribution < 1.29 is 22.4 Å². The Kier molecular flexibility index (Phi) is 2.83. The van der Waals surface area contributed by atoms with Crippen molar-refractivity contribution in [2.45, 2.75) is 6.18 Å². The third kappa shape index (κ3) is 2.58. The van der Waals surface area contributed by atoms with Crippen molar-refractivity contribution >= 4 is 11.7 Å². The summed E-state index contributed by atoms with van der Waals surface area (Å²) >= 11 is 0. The number of anilines is 1. The van der Waals surface area contributed by atoms with E-state index in [2.05, 4.69) is 5.73 Å². The molecule has 0 unspecified atom stereocenters. The van der Waals surface area contributed by atoms with Gasteiger partial charge in [0.1, 0.15) is 11.4 Å². The average molecular weight is 222 g/mol. The Morgan fingerprint density at radius 3 is 2.40 bits per heavy atom. The number of halogens is 4. The van der Waals surface area contributed by atoms with Gasteiger partial charge in [-0.15, -0.1) is 0 Å². The number of alkyl halides is 3. The average Bonchev–Trinajstić information content (AvgIpc) is 1.99. The summed E-state index contributed by atoms with van der Waals surface area (Å²) in [5, 5.41) is 1.70. The minimum Gasteiger partial charge on any atom is -0.351 e. The van der Waals surface area contributed by atoms with E-state index >= 15 is 0 Å². The van der Waals surface area contributed by atoms with Gasteiger partial charge in [0.2, 0.25) is 0 Å². The van der Waals surface area contributed by atoms with Crippen LogP contribution in [0.5, 0.6) is 0 Å². The molecule has 15 heavy (non-hydrogen) atoms. The number of carbonyl (C=O) groups excluding carboxylic acids is 1. The number of nitrogens with one attached hydrogen (secondary N) is 1. The van der Waals surface area contributed by atoms with Crippen LogP contribution in [0.4, 0.5) is 28.0 Å². The van der Waals surface area contributed by atoms with E-state index in [1.54, 1.807) is 5.32 Å². The highest BCUT2D eigenvalue weighted by Gasteiger charge is 2.37. The molecule has 0 fully saturated rings. The van der Waals surface area contributed by atoms with Crippen molar-refractivity contribution in [3.63, 3.8) is 0 Å². The van der Waals surface area contributed by atoms with Gasteiger partial charge in [-0.25, -0.2) is 9.18 Å². The lowest BCUT2D eigenvalue weighted by atomic mass is 10.1. The summed E-state index contributed by atoms with van der Waals surface area (Å²) in [5.41, 5.74) is 2.41. The molecule has 2 amide bonds. The second kappa shape index (κ2) is 3.76. The number of hydrogen-bond acceptors (Lipinski definition) is 1. The maximum Gasteiger partial charge on any atom is 0.421 e. The first-order chi connectivity index (χ1) is 6.82. The highest BCUT2D eigenvalue weighted by Crippen LogP contribution is 2.36. The smallest absolute Gasteiger partial charge is 0.351 e. The summed E-state index contributed by atoms with van der Waals surface area (Å²) in [5.74, 6) is -1.46. The van der Waals surface area contributed by atoms with Crippen molar-refractivity contribution in [1.29, 1.82) is 0 Å². The minimum atomic E-state index is -4.89. The van der Waals surface area contributed by atoms with Gasteiger partial charge in [0.15, 0.2) is 0 Å². The molecule has 82 valence electrons. The fraction of sp³-hybridized carbons (Fsp3) is 0.125. The second-order valence-corrected chi connectivity index (χ2v) is 2.65. The topological polar surface area (TPSA) is 55.1 Å². The van der Waals surface area contributed by atoms with Crippen molar-refractivity contribution in [3.8, 4) is 0 Å². The Morgan fingerprint density at radius 2 is 1.93 bits per heavy atom. The normalized spacial score (nSPS) is 11.2. The van der Waals surface area contributed by atoms with E-state index in [9.17, 15) is 22.4 Å². The maximum absolute atomic E-state index is 12.9. The molecule has 3 nitrogen and oxygen atoms in total. The summed E-state index contributed by atoms with van der Waals surface area (Å²) in [7, 11) is 0. The van der Waals surface area contributed by atoms with E-state index in [0.717, 1.165) is 12.1 Å². The molecule has 0 aliphatic carbocycles. The van der Waals surface area contributed by atoms with Crippen molar-refractivity contribution in [2.24, 2.45) is 5.73 Å². The molecule has 0 aromatic heterocycles. The van der Waals surface area contributed by atoms with E-state index < -0.39 is 29.3 Å². The van der Waals surface area contributed by atoms with Gasteiger partial charge >= 0.3 is 12.2 Å². The molecule has 0 saturated carbocycles. The van der Waals surface area contributed by atoms with Crippen molar-refractivity contribution in [2.75, 3.05) is 5.32 Å². The third-order valence-electron chi connectivity index (χ3n) is 1.55. The first kappa shape index (κ1) is 11.3. The minimum absolute atomic E-state index is 0.648. The molecule has 3 N–H and O–H groups in total. The standard InChI is InChI=1S/C8H6F4N2O/c9-4-2-1-3-5(14-7(13)15)6(4)8(10,11)12/h1-3H,(H3,13,14,15). The summed E-state index contributed by atoms with van der Waals surface area (Å²) in [6, 6.07) is 1.41. The summed E-state index contributed by atoms with van der Waals surface area (Å²) in [6.45, 7) is 0. The zero-order valence-electron chi connectivity index (χ0n) is 7.23. The molecule has 1 rings (SSSR count). The van der Waals surface area contributed by atoms with Gasteiger partial charge in [-0.05, 0) is 12.1 Å². The Bertz CT molecular complexity index is 389. The molecule has 1 aromatic rings. The van der Waals surface area contributed by atoms with Crippen LogP contribution < -0.4 is 11.1 Å². The molecule has 0 aliphatic rings. The highest BCUT2D eigenvalue weighted by molar-refractivity contribution is 5.88. The lowest BCUT2D eigenvalue weighted by Crippen LogP contribution is -2.22. The number of primary amides is 1. The Morgan fingerprint density at radius 1 is 1.33 bits per heavy atom. The first-order valence-electron chi connectivity index (χ1n) is 3.74. The zero-order valence-corrected chi connectivity index (χ0v) is 7.23. The number of benzene rings is 1. The van der Waals surface area contributed by atoms with E-state index in [1.807, 2.05) is 0 Å². The van der Waals surface area contributed by atoms with Gasteiger partial charge in [0.25, 0.3) is 0 Å². The van der Waals surface area contributed by atoms with Crippen LogP contribution in [-0.4, -0.2) is 6.03 Å². The largest absolute Gasteiger partial charge is 0.421 e. The molecule has 0 bridgehead atoms. The monoisotopic (exact) mass is 222 g/mol. The molecule has 0 spiro atoms. The number of hydrogen-bond donors (Lipinski definition) is 2. The van der Waals surface area contributed by atoms with E-state index in [-0.39, 0.29) is 0 Å². The molecule has 0 atom stereocenters. The van der Waals surface area contributed by atoms with Crippen molar-refractivity contribution in [3.05, 3.63) is 29.6 Å². The summed E-state index contributed by atoms with van der Waals surface area (Å²) < 4.78 is 49.9. The van der Waals surface area contributed by atoms with Crippen LogP contribution in [0.15, 0.2) is 18.2 Å². The van der Waals surface area contributed by atoms with Crippen LogP contribution in [-0.2, 0) is 6.18 Å². The van der Waals surface area contributed by atoms with Crippen LogP contribution in [0, 0.1) is 5.82 Å². The fourth-order valence-electron chi connectivity index (χ4n) is 1.05. The number of rotatable bonds is 1. The van der Waals surface area contributed by atoms with Crippen LogP contribution in [0.3, 0.4) is 0 Å². The van der Waals surface area contributed by atoms with Gasteiger partial charge in [0.05, 0.1) is 5.69 Å². The van der Waals surface area contributed by atoms with Gasteiger partial charge in [-0.1, -0.05) is 6.07 Å². The van der Waals surface area contributed by atoms with Gasteiger partial charge < -0.3 is 11.1 Å². The first-order valence-corrected chi connectivity index (χ1v) is 3.74. The molecule has 0 heterocycles. The van der Waals surface area contributed by atoms with E-state index in [0.29, 0.717) is 6.07 Å². The predicted molar refractivity (Wildman–Crippen MR) is 44.6 cm³/mol. The SMILES string of the molecule is NC(=O)Nc1cccc(F)c1C(F)(F)F. The Hall–Kier alpha value is -1.79. The van der Waals surface area contributed by atoms with Gasteiger partial charge in [-0.2, -0.15) is 13.2 Å². The lowest BCUT2D eigenvalue weighted by Gasteiger charge is -2.13. The molecule has 7 heteroatoms. The number of urea groups is 1. The zero-order chi connectivity index (χ0) is 11.6. The van der Waals surface area contributed by atoms with Crippen LogP contribution in [0.25, 0.3) is 0 Å². The van der Waals surface area contributed by atoms with Crippen LogP contribution in [0.1, 0.15) is 5.56 Å². The molecular formula is C8H6F4N2O. The second-order valence-electron chi connectivity index (χ2n) is 2.65. The molecule has 0 radical (unpaired) electrons. The number of amides is 2. The summed E-state index contributed by atoms with van der Waals surface area (Å²) in [6.07, 6.45) is -4.89. The molecule has 0 aliphatic heterocycles. The molecule has 0 saturated heterocycles. The molecule has 1 aromatic carbocycles. The summed E-state index contributed by atoms with van der Waals surface area (Å²) in [4.78, 5) is 10.4. The Labute approximate surface area is 81.9 Å². The number of carbonyl (C=O) groups is 1. The van der Waals surface area contributed by atoms with Gasteiger partial charge in [-0.3, -0.25) is 0 Å². The third-order valence-corrected chi connectivity index (χ3v) is 1.55. The quantitative estimate of drug-likeness (QED) is 0.704.